The maximum Gasteiger partial charge on any atom is 0.209 e. The van der Waals surface area contributed by atoms with E-state index in [1.807, 2.05) is 29.9 Å². The van der Waals surface area contributed by atoms with Crippen LogP contribution in [0.2, 0.25) is 5.02 Å². The highest BCUT2D eigenvalue weighted by atomic mass is 35.5. The van der Waals surface area contributed by atoms with Crippen LogP contribution in [0.3, 0.4) is 0 Å². The highest BCUT2D eigenvalue weighted by Crippen LogP contribution is 2.25. The third-order valence-electron chi connectivity index (χ3n) is 4.17. The van der Waals surface area contributed by atoms with Crippen molar-refractivity contribution in [2.45, 2.75) is 36.4 Å². The zero-order chi connectivity index (χ0) is 16.5. The molecule has 1 fully saturated rings. The minimum atomic E-state index is 0.214. The summed E-state index contributed by atoms with van der Waals surface area (Å²) in [5, 5.41) is 13.5. The second-order valence-corrected chi connectivity index (χ2v) is 7.17. The molecule has 0 saturated carbocycles. The van der Waals surface area contributed by atoms with Crippen molar-refractivity contribution in [3.05, 3.63) is 29.0 Å². The first-order chi connectivity index (χ1) is 11.7. The maximum atomic E-state index is 6.04. The molecule has 126 valence electrons. The predicted molar refractivity (Wildman–Crippen MR) is 92.1 cm³/mol. The first-order valence-electron chi connectivity index (χ1n) is 7.82. The van der Waals surface area contributed by atoms with Crippen LogP contribution in [0.15, 0.2) is 23.4 Å². The first kappa shape index (κ1) is 15.9. The van der Waals surface area contributed by atoms with Crippen LogP contribution >= 0.6 is 23.4 Å². The quantitative estimate of drug-likeness (QED) is 0.648. The second kappa shape index (κ2) is 6.70. The number of imidazole rings is 1. The molecule has 0 amide bonds. The van der Waals surface area contributed by atoms with E-state index in [2.05, 4.69) is 25.1 Å². The van der Waals surface area contributed by atoms with Crippen LogP contribution in [0.4, 0.5) is 0 Å². The van der Waals surface area contributed by atoms with Crippen molar-refractivity contribution in [3.63, 3.8) is 0 Å². The van der Waals surface area contributed by atoms with Gasteiger partial charge < -0.3 is 9.30 Å². The zero-order valence-electron chi connectivity index (χ0n) is 13.2. The van der Waals surface area contributed by atoms with Gasteiger partial charge in [0.25, 0.3) is 0 Å². The number of hydrogen-bond acceptors (Lipinski definition) is 6. The standard InChI is InChI=1S/C15H17ClN6OS/c1-21-13-5-4-10(16)7-12(13)17-14(21)9-24-15-18-19-20-22(15)8-11-3-2-6-23-11/h4-5,7,11H,2-3,6,8-9H2,1H3/t11-/m1/s1. The van der Waals surface area contributed by atoms with Crippen LogP contribution in [0, 0.1) is 0 Å². The lowest BCUT2D eigenvalue weighted by Gasteiger charge is -2.09. The van der Waals surface area contributed by atoms with Gasteiger partial charge in [0.15, 0.2) is 0 Å². The average molecular weight is 365 g/mol. The molecule has 0 radical (unpaired) electrons. The summed E-state index contributed by atoms with van der Waals surface area (Å²) in [6.07, 6.45) is 2.39. The lowest BCUT2D eigenvalue weighted by Crippen LogP contribution is -2.16. The van der Waals surface area contributed by atoms with Crippen molar-refractivity contribution >= 4 is 34.4 Å². The zero-order valence-corrected chi connectivity index (χ0v) is 14.8. The van der Waals surface area contributed by atoms with Gasteiger partial charge >= 0.3 is 0 Å². The molecule has 0 spiro atoms. The molecule has 0 bridgehead atoms. The highest BCUT2D eigenvalue weighted by Gasteiger charge is 2.19. The van der Waals surface area contributed by atoms with Gasteiger partial charge in [-0.1, -0.05) is 23.4 Å². The van der Waals surface area contributed by atoms with Crippen LogP contribution in [-0.2, 0) is 24.1 Å². The Morgan fingerprint density at radius 3 is 3.17 bits per heavy atom. The fraction of sp³-hybridized carbons (Fsp3) is 0.467. The molecule has 1 saturated heterocycles. The Balaban J connectivity index is 1.49. The van der Waals surface area contributed by atoms with E-state index in [0.717, 1.165) is 41.5 Å². The molecule has 3 aromatic rings. The van der Waals surface area contributed by atoms with Gasteiger partial charge in [-0.2, -0.15) is 0 Å². The molecule has 1 aromatic carbocycles. The molecule has 1 aliphatic rings. The van der Waals surface area contributed by atoms with Crippen molar-refractivity contribution < 1.29 is 4.74 Å². The van der Waals surface area contributed by atoms with Crippen LogP contribution in [0.1, 0.15) is 18.7 Å². The topological polar surface area (TPSA) is 70.7 Å². The van der Waals surface area contributed by atoms with Crippen molar-refractivity contribution in [2.75, 3.05) is 6.61 Å². The van der Waals surface area contributed by atoms with Gasteiger partial charge in [0, 0.05) is 18.7 Å². The Bertz CT molecular complexity index is 857. The number of hydrogen-bond donors (Lipinski definition) is 0. The maximum absolute atomic E-state index is 6.04. The van der Waals surface area contributed by atoms with Crippen LogP contribution in [-0.4, -0.2) is 42.5 Å². The Hall–Kier alpha value is -1.64. The van der Waals surface area contributed by atoms with Crippen molar-refractivity contribution in [1.82, 2.24) is 29.8 Å². The summed E-state index contributed by atoms with van der Waals surface area (Å²) >= 11 is 7.62. The van der Waals surface area contributed by atoms with Crippen molar-refractivity contribution in [2.24, 2.45) is 7.05 Å². The first-order valence-corrected chi connectivity index (χ1v) is 9.18. The number of thioether (sulfide) groups is 1. The van der Waals surface area contributed by atoms with E-state index in [4.69, 9.17) is 16.3 Å². The molecule has 0 aliphatic carbocycles. The molecule has 2 aromatic heterocycles. The second-order valence-electron chi connectivity index (χ2n) is 5.79. The van der Waals surface area contributed by atoms with Gasteiger partial charge in [-0.25, -0.2) is 9.67 Å². The van der Waals surface area contributed by atoms with Gasteiger partial charge in [-0.15, -0.1) is 5.10 Å². The fourth-order valence-corrected chi connectivity index (χ4v) is 3.91. The Labute approximate surface area is 148 Å². The van der Waals surface area contributed by atoms with E-state index in [9.17, 15) is 0 Å². The number of nitrogens with zero attached hydrogens (tertiary/aromatic N) is 6. The average Bonchev–Trinajstić information content (AvgIpc) is 3.28. The van der Waals surface area contributed by atoms with Crippen LogP contribution in [0.5, 0.6) is 0 Å². The SMILES string of the molecule is Cn1c(CSc2nnnn2C[C@H]2CCCO2)nc2cc(Cl)ccc21. The Morgan fingerprint density at radius 2 is 2.33 bits per heavy atom. The summed E-state index contributed by atoms with van der Waals surface area (Å²) in [6.45, 7) is 1.53. The van der Waals surface area contributed by atoms with Gasteiger partial charge in [0.2, 0.25) is 5.16 Å². The Morgan fingerprint density at radius 1 is 1.42 bits per heavy atom. The molecule has 0 unspecified atom stereocenters. The monoisotopic (exact) mass is 364 g/mol. The van der Waals surface area contributed by atoms with E-state index < -0.39 is 0 Å². The fourth-order valence-electron chi connectivity index (χ4n) is 2.88. The number of ether oxygens (including phenoxy) is 1. The summed E-state index contributed by atoms with van der Waals surface area (Å²) in [7, 11) is 2.01. The molecule has 1 atom stereocenters. The van der Waals surface area contributed by atoms with E-state index >= 15 is 0 Å². The third-order valence-corrected chi connectivity index (χ3v) is 5.35. The van der Waals surface area contributed by atoms with E-state index in [1.54, 1.807) is 11.8 Å². The molecule has 0 N–H and O–H groups in total. The normalized spacial score (nSPS) is 17.8. The van der Waals surface area contributed by atoms with Gasteiger partial charge in [-0.05, 0) is 41.5 Å². The lowest BCUT2D eigenvalue weighted by molar-refractivity contribution is 0.0912. The number of benzene rings is 1. The largest absolute Gasteiger partial charge is 0.376 e. The number of aromatic nitrogens is 6. The molecule has 9 heteroatoms. The summed E-state index contributed by atoms with van der Waals surface area (Å²) in [6, 6.07) is 5.75. The van der Waals surface area contributed by atoms with Gasteiger partial charge in [0.1, 0.15) is 5.82 Å². The number of rotatable bonds is 5. The van der Waals surface area contributed by atoms with Crippen LogP contribution in [0.25, 0.3) is 11.0 Å². The molecule has 24 heavy (non-hydrogen) atoms. The number of aryl methyl sites for hydroxylation is 1. The molecular formula is C15H17ClN6OS. The Kier molecular flexibility index (Phi) is 4.43. The summed E-state index contributed by atoms with van der Waals surface area (Å²) in [5.41, 5.74) is 1.97. The van der Waals surface area contributed by atoms with Crippen molar-refractivity contribution in [3.8, 4) is 0 Å². The number of fused-ring (bicyclic) bond motifs is 1. The lowest BCUT2D eigenvalue weighted by atomic mass is 10.2. The predicted octanol–water partition coefficient (Wildman–Crippen LogP) is 2.68. The molecule has 4 rings (SSSR count). The van der Waals surface area contributed by atoms with E-state index in [1.165, 1.54) is 0 Å². The van der Waals surface area contributed by atoms with Gasteiger partial charge in [-0.3, -0.25) is 0 Å². The highest BCUT2D eigenvalue weighted by molar-refractivity contribution is 7.98. The molecule has 7 nitrogen and oxygen atoms in total. The smallest absolute Gasteiger partial charge is 0.209 e. The summed E-state index contributed by atoms with van der Waals surface area (Å²) in [5.74, 6) is 1.65. The third kappa shape index (κ3) is 3.13. The summed E-state index contributed by atoms with van der Waals surface area (Å²) < 4.78 is 9.56. The van der Waals surface area contributed by atoms with Crippen molar-refractivity contribution in [1.29, 1.82) is 0 Å². The van der Waals surface area contributed by atoms with E-state index in [0.29, 0.717) is 17.3 Å². The molecular weight excluding hydrogens is 348 g/mol. The molecule has 1 aliphatic heterocycles. The van der Waals surface area contributed by atoms with Gasteiger partial charge in [0.05, 0.1) is 29.4 Å². The van der Waals surface area contributed by atoms with E-state index in [-0.39, 0.29) is 6.10 Å². The number of halogens is 1. The summed E-state index contributed by atoms with van der Waals surface area (Å²) in [4.78, 5) is 4.66. The number of tetrazole rings is 1. The van der Waals surface area contributed by atoms with Crippen LogP contribution < -0.4 is 0 Å². The molecule has 3 heterocycles. The minimum absolute atomic E-state index is 0.214. The minimum Gasteiger partial charge on any atom is -0.376 e.